The number of ketones is 1. The lowest BCUT2D eigenvalue weighted by Gasteiger charge is -2.12. The summed E-state index contributed by atoms with van der Waals surface area (Å²) in [5, 5.41) is 0. The van der Waals surface area contributed by atoms with Crippen LogP contribution in [-0.4, -0.2) is 5.78 Å². The van der Waals surface area contributed by atoms with Crippen LogP contribution < -0.4 is 0 Å². The van der Waals surface area contributed by atoms with Gasteiger partial charge in [0.15, 0.2) is 5.78 Å². The van der Waals surface area contributed by atoms with Crippen LogP contribution in [-0.2, 0) is 12.8 Å². The molecule has 2 aromatic rings. The van der Waals surface area contributed by atoms with Crippen LogP contribution in [0.5, 0.6) is 0 Å². The highest BCUT2D eigenvalue weighted by molar-refractivity contribution is 6.01. The van der Waals surface area contributed by atoms with Crippen LogP contribution in [0.2, 0.25) is 0 Å². The predicted octanol–water partition coefficient (Wildman–Crippen LogP) is 5.72. The molecule has 26 heavy (non-hydrogen) atoms. The van der Waals surface area contributed by atoms with Crippen LogP contribution in [0.4, 0.5) is 0 Å². The highest BCUT2D eigenvalue weighted by Crippen LogP contribution is 2.37. The number of fused-ring (bicyclic) bond motifs is 2. The zero-order valence-corrected chi connectivity index (χ0v) is 14.7. The first kappa shape index (κ1) is 15.3. The third-order valence-electron chi connectivity index (χ3n) is 5.63. The quantitative estimate of drug-likeness (QED) is 0.652. The van der Waals surface area contributed by atoms with E-state index < -0.39 is 0 Å². The van der Waals surface area contributed by atoms with Crippen molar-refractivity contribution in [3.05, 3.63) is 105 Å². The summed E-state index contributed by atoms with van der Waals surface area (Å²) in [7, 11) is 0. The number of allylic oxidation sites excluding steroid dienone is 6. The molecule has 0 aromatic heterocycles. The fourth-order valence-corrected chi connectivity index (χ4v) is 4.34. The standard InChI is InChI=1S/C25H20O/c26-25(24-13-4-9-17-8-3-12-23(17)24)16-20-10-5-11-22(20)21-14-18-6-1-2-7-19(18)15-21/h1-4,6-11,13-14H,5,12,15-16H2. The molecule has 0 radical (unpaired) electrons. The molecule has 0 N–H and O–H groups in total. The van der Waals surface area contributed by atoms with Gasteiger partial charge in [0.2, 0.25) is 0 Å². The van der Waals surface area contributed by atoms with Crippen molar-refractivity contribution in [3.63, 3.8) is 0 Å². The SMILES string of the molecule is O=C(CC1=CCC=C1C1=Cc2ccccc2C1)c1cccc2c1CC=C2. The van der Waals surface area contributed by atoms with Gasteiger partial charge in [-0.3, -0.25) is 4.79 Å². The van der Waals surface area contributed by atoms with Crippen molar-refractivity contribution in [2.45, 2.75) is 25.7 Å². The second kappa shape index (κ2) is 6.10. The second-order valence-corrected chi connectivity index (χ2v) is 7.21. The van der Waals surface area contributed by atoms with E-state index in [0.29, 0.717) is 6.42 Å². The largest absolute Gasteiger partial charge is 0.294 e. The Balaban J connectivity index is 1.38. The molecule has 0 fully saturated rings. The third kappa shape index (κ3) is 2.52. The van der Waals surface area contributed by atoms with Crippen molar-refractivity contribution < 1.29 is 4.79 Å². The zero-order valence-electron chi connectivity index (χ0n) is 14.7. The fraction of sp³-hybridized carbons (Fsp3) is 0.160. The number of carbonyl (C=O) groups excluding carboxylic acids is 1. The average Bonchev–Trinajstić information content (AvgIpc) is 3.39. The van der Waals surface area contributed by atoms with Crippen LogP contribution in [0, 0.1) is 0 Å². The lowest BCUT2D eigenvalue weighted by molar-refractivity contribution is 0.0993. The molecule has 126 valence electrons. The highest BCUT2D eigenvalue weighted by atomic mass is 16.1. The summed E-state index contributed by atoms with van der Waals surface area (Å²) in [4.78, 5) is 13.0. The monoisotopic (exact) mass is 336 g/mol. The van der Waals surface area contributed by atoms with Gasteiger partial charge in [-0.15, -0.1) is 0 Å². The van der Waals surface area contributed by atoms with E-state index in [9.17, 15) is 4.79 Å². The van der Waals surface area contributed by atoms with E-state index in [-0.39, 0.29) is 5.78 Å². The summed E-state index contributed by atoms with van der Waals surface area (Å²) < 4.78 is 0. The van der Waals surface area contributed by atoms with Gasteiger partial charge in [0.25, 0.3) is 0 Å². The van der Waals surface area contributed by atoms with Gasteiger partial charge in [0.1, 0.15) is 0 Å². The second-order valence-electron chi connectivity index (χ2n) is 7.21. The van der Waals surface area contributed by atoms with Crippen molar-refractivity contribution in [1.29, 1.82) is 0 Å². The minimum atomic E-state index is 0.237. The first-order valence-corrected chi connectivity index (χ1v) is 9.29. The van der Waals surface area contributed by atoms with E-state index >= 15 is 0 Å². The van der Waals surface area contributed by atoms with E-state index in [0.717, 1.165) is 24.8 Å². The third-order valence-corrected chi connectivity index (χ3v) is 5.63. The maximum Gasteiger partial charge on any atom is 0.167 e. The Kier molecular flexibility index (Phi) is 3.60. The molecule has 0 aliphatic heterocycles. The highest BCUT2D eigenvalue weighted by Gasteiger charge is 2.23. The Bertz CT molecular complexity index is 1040. The average molecular weight is 336 g/mol. The summed E-state index contributed by atoms with van der Waals surface area (Å²) in [6.45, 7) is 0. The van der Waals surface area contributed by atoms with Crippen molar-refractivity contribution >= 4 is 17.9 Å². The molecule has 0 bridgehead atoms. The maximum absolute atomic E-state index is 13.0. The Morgan fingerprint density at radius 3 is 2.77 bits per heavy atom. The van der Waals surface area contributed by atoms with Gasteiger partial charge in [-0.25, -0.2) is 0 Å². The van der Waals surface area contributed by atoms with Gasteiger partial charge < -0.3 is 0 Å². The van der Waals surface area contributed by atoms with E-state index in [1.807, 2.05) is 12.1 Å². The molecule has 3 aliphatic rings. The van der Waals surface area contributed by atoms with E-state index in [1.165, 1.54) is 39.0 Å². The molecule has 0 amide bonds. The number of Topliss-reactive ketones (excluding diaryl/α,β-unsaturated/α-hetero) is 1. The number of hydrogen-bond donors (Lipinski definition) is 0. The van der Waals surface area contributed by atoms with Crippen LogP contribution in [0.1, 0.15) is 45.5 Å². The number of rotatable bonds is 4. The first-order chi connectivity index (χ1) is 12.8. The molecule has 0 saturated carbocycles. The molecule has 0 saturated heterocycles. The molecule has 0 heterocycles. The molecular weight excluding hydrogens is 316 g/mol. The molecule has 2 aromatic carbocycles. The smallest absolute Gasteiger partial charge is 0.167 e. The van der Waals surface area contributed by atoms with Gasteiger partial charge in [0, 0.05) is 12.0 Å². The Morgan fingerprint density at radius 1 is 0.962 bits per heavy atom. The molecule has 1 nitrogen and oxygen atoms in total. The Morgan fingerprint density at radius 2 is 1.85 bits per heavy atom. The number of hydrogen-bond acceptors (Lipinski definition) is 1. The summed E-state index contributed by atoms with van der Waals surface area (Å²) >= 11 is 0. The molecule has 0 unspecified atom stereocenters. The van der Waals surface area contributed by atoms with Gasteiger partial charge in [-0.1, -0.05) is 72.8 Å². The van der Waals surface area contributed by atoms with Gasteiger partial charge in [0.05, 0.1) is 0 Å². The minimum Gasteiger partial charge on any atom is -0.294 e. The zero-order chi connectivity index (χ0) is 17.5. The minimum absolute atomic E-state index is 0.237. The van der Waals surface area contributed by atoms with E-state index in [2.05, 4.69) is 60.7 Å². The first-order valence-electron chi connectivity index (χ1n) is 9.29. The molecule has 1 heteroatoms. The van der Waals surface area contributed by atoms with Crippen LogP contribution in [0.25, 0.3) is 12.2 Å². The Labute approximate surface area is 154 Å². The molecule has 3 aliphatic carbocycles. The van der Waals surface area contributed by atoms with Gasteiger partial charge in [-0.05, 0) is 58.2 Å². The summed E-state index contributed by atoms with van der Waals surface area (Å²) in [6, 6.07) is 14.6. The normalized spacial score (nSPS) is 16.8. The maximum atomic E-state index is 13.0. The lowest BCUT2D eigenvalue weighted by Crippen LogP contribution is -2.06. The topological polar surface area (TPSA) is 17.1 Å². The van der Waals surface area contributed by atoms with Gasteiger partial charge in [-0.2, -0.15) is 0 Å². The molecule has 0 spiro atoms. The van der Waals surface area contributed by atoms with Crippen molar-refractivity contribution in [2.75, 3.05) is 0 Å². The van der Waals surface area contributed by atoms with E-state index in [1.54, 1.807) is 0 Å². The summed E-state index contributed by atoms with van der Waals surface area (Å²) in [5.74, 6) is 0.237. The molecule has 5 rings (SSSR count). The van der Waals surface area contributed by atoms with Crippen LogP contribution in [0.3, 0.4) is 0 Å². The van der Waals surface area contributed by atoms with Crippen molar-refractivity contribution in [1.82, 2.24) is 0 Å². The lowest BCUT2D eigenvalue weighted by atomic mass is 9.91. The van der Waals surface area contributed by atoms with Crippen molar-refractivity contribution in [2.24, 2.45) is 0 Å². The predicted molar refractivity (Wildman–Crippen MR) is 107 cm³/mol. The van der Waals surface area contributed by atoms with Gasteiger partial charge >= 0.3 is 0 Å². The Hall–Kier alpha value is -2.93. The van der Waals surface area contributed by atoms with Crippen LogP contribution in [0.15, 0.2) is 77.4 Å². The molecular formula is C25H20O. The summed E-state index contributed by atoms with van der Waals surface area (Å²) in [5.41, 5.74) is 9.79. The number of carbonyl (C=O) groups is 1. The molecule has 0 atom stereocenters. The summed E-state index contributed by atoms with van der Waals surface area (Å²) in [6.07, 6.45) is 14.3. The number of benzene rings is 2. The van der Waals surface area contributed by atoms with E-state index in [4.69, 9.17) is 0 Å². The van der Waals surface area contributed by atoms with Crippen molar-refractivity contribution in [3.8, 4) is 0 Å². The van der Waals surface area contributed by atoms with Crippen LogP contribution >= 0.6 is 0 Å². The fourth-order valence-electron chi connectivity index (χ4n) is 4.34.